The third kappa shape index (κ3) is 1690. The van der Waals surface area contributed by atoms with Gasteiger partial charge in [0.15, 0.2) is 0 Å². The van der Waals surface area contributed by atoms with E-state index in [1.54, 1.807) is 0 Å². The minimum atomic E-state index is 0. The summed E-state index contributed by atoms with van der Waals surface area (Å²) in [6.07, 6.45) is 0. The molecule has 107 valence electrons. The van der Waals surface area contributed by atoms with Crippen LogP contribution >= 0.6 is 0 Å². The van der Waals surface area contributed by atoms with Crippen molar-refractivity contribution in [2.45, 2.75) is 0 Å². The normalized spacial score (nSPS) is 0.818. The minimum absolute atomic E-state index is 0. The third-order valence-corrected chi connectivity index (χ3v) is 0. The SMILES string of the molecule is [Au+3].[C-]#N.[C-]#N.[C-]#N.[C-]#N.[C-]#N.[C-]#N.[C-]#N.[C-]#N.[C-]#N.[Cd+2].[Cu+2].[Zn+2]. The molecule has 13 heteroatoms. The molecule has 0 aromatic rings. The fourth-order valence-corrected chi connectivity index (χ4v) is 0. The van der Waals surface area contributed by atoms with Gasteiger partial charge in [-0.2, -0.15) is 0 Å². The number of nitrogens with zero attached hydrogens (tertiary/aromatic N) is 9. The summed E-state index contributed by atoms with van der Waals surface area (Å²) in [5.41, 5.74) is 0. The fourth-order valence-electron chi connectivity index (χ4n) is 0. The van der Waals surface area contributed by atoms with Gasteiger partial charge in [0.05, 0.1) is 0 Å². The summed E-state index contributed by atoms with van der Waals surface area (Å²) >= 11 is 0. The first-order valence-electron chi connectivity index (χ1n) is 2.01. The summed E-state index contributed by atoms with van der Waals surface area (Å²) in [4.78, 5) is 0. The van der Waals surface area contributed by atoms with E-state index in [0.29, 0.717) is 0 Å². The van der Waals surface area contributed by atoms with E-state index in [2.05, 4.69) is 0 Å². The van der Waals surface area contributed by atoms with Gasteiger partial charge in [-0.05, 0) is 0 Å². The number of hydrogen-bond donors (Lipinski definition) is 0. The van der Waals surface area contributed by atoms with Gasteiger partial charge in [-0.15, -0.1) is 0 Å². The molecule has 0 aliphatic rings. The van der Waals surface area contributed by atoms with E-state index < -0.39 is 0 Å². The molecule has 9 nitrogen and oxygen atoms in total. The number of rotatable bonds is 0. The second kappa shape index (κ2) is 2000. The molecular formula is C9AuCdCuN9Zn. The van der Waals surface area contributed by atoms with Gasteiger partial charge >= 0.3 is 86.2 Å². The summed E-state index contributed by atoms with van der Waals surface area (Å²) in [5.74, 6) is 0. The molecule has 0 saturated carbocycles. The van der Waals surface area contributed by atoms with Crippen LogP contribution in [0.2, 0.25) is 0 Å². The zero-order valence-electron chi connectivity index (χ0n) is 10.5. The Morgan fingerprint density at radius 3 is 0.318 bits per heavy atom. The van der Waals surface area contributed by atoms with Gasteiger partial charge in [0.2, 0.25) is 0 Å². The average Bonchev–Trinajstić information content (AvgIpc) is 2.63. The maximum absolute atomic E-state index is 6.25. The van der Waals surface area contributed by atoms with Crippen LogP contribution in [0, 0.1) is 107 Å². The molecule has 0 spiro atoms. The Kier molecular flexibility index (Phi) is 13000. The van der Waals surface area contributed by atoms with Crippen molar-refractivity contribution in [3.05, 3.63) is 59.1 Å². The van der Waals surface area contributed by atoms with Gasteiger partial charge < -0.3 is 107 Å². The summed E-state index contributed by atoms with van der Waals surface area (Å²) in [6.45, 7) is 42.8. The zero-order chi connectivity index (χ0) is 18.0. The molecule has 22 heavy (non-hydrogen) atoms. The molecule has 0 N–H and O–H groups in total. The van der Waals surface area contributed by atoms with Crippen LogP contribution in [0.3, 0.4) is 0 Å². The summed E-state index contributed by atoms with van der Waals surface area (Å²) in [5, 5.41) is 56.2. The standard InChI is InChI=1S/9CN.Au.Cd.Cu.Zn/c9*1-2;;;;/q9*-1;+3;3*+2. The first kappa shape index (κ1) is 143. The van der Waals surface area contributed by atoms with Crippen molar-refractivity contribution in [2.24, 2.45) is 0 Å². The van der Waals surface area contributed by atoms with Crippen molar-refractivity contribution >= 4 is 0 Å². The van der Waals surface area contributed by atoms with Crippen molar-refractivity contribution in [1.82, 2.24) is 0 Å². The van der Waals surface area contributed by atoms with Crippen LogP contribution in [-0.2, 0) is 86.2 Å². The minimum Gasteiger partial charge on any atom is -0.512 e. The van der Waals surface area contributed by atoms with Gasteiger partial charge in [0.1, 0.15) is 0 Å². The molecule has 0 aromatic heterocycles. The molecule has 0 bridgehead atoms. The fraction of sp³-hybridized carbons (Fsp3) is 0. The quantitative estimate of drug-likeness (QED) is 0.263. The van der Waals surface area contributed by atoms with Gasteiger partial charge in [0, 0.05) is 0 Å². The van der Waals surface area contributed by atoms with E-state index in [4.69, 9.17) is 107 Å². The Balaban J connectivity index is -0.00000000368. The number of hydrogen-bond acceptors (Lipinski definition) is 9. The van der Waals surface area contributed by atoms with Gasteiger partial charge in [-0.25, -0.2) is 0 Å². The van der Waals surface area contributed by atoms with E-state index in [0.717, 1.165) is 0 Å². The molecule has 0 heterocycles. The first-order chi connectivity index (χ1) is 9.00. The van der Waals surface area contributed by atoms with E-state index in [9.17, 15) is 0 Å². The van der Waals surface area contributed by atoms with Crippen LogP contribution in [0.15, 0.2) is 0 Å². The molecule has 0 amide bonds. The van der Waals surface area contributed by atoms with E-state index in [-0.39, 0.29) is 86.2 Å². The Morgan fingerprint density at radius 1 is 0.318 bits per heavy atom. The monoisotopic (exact) mass is 672 g/mol. The molecule has 0 aliphatic heterocycles. The second-order valence-corrected chi connectivity index (χ2v) is 0. The topological polar surface area (TPSA) is 214 Å². The smallest absolute Gasteiger partial charge is 0.512 e. The predicted octanol–water partition coefficient (Wildman–Crippen LogP) is 0.857. The Hall–Kier alpha value is -1.78. The van der Waals surface area contributed by atoms with Crippen molar-refractivity contribution in [3.8, 4) is 0 Å². The largest absolute Gasteiger partial charge is 3.00 e. The molecule has 0 unspecified atom stereocenters. The van der Waals surface area contributed by atoms with Crippen LogP contribution in [0.1, 0.15) is 0 Å². The Bertz CT molecular complexity index is 169. The molecule has 0 atom stereocenters. The van der Waals surface area contributed by atoms with Gasteiger partial charge in [-0.1, -0.05) is 0 Å². The van der Waals surface area contributed by atoms with E-state index in [1.165, 1.54) is 0 Å². The van der Waals surface area contributed by atoms with Crippen LogP contribution in [0.4, 0.5) is 0 Å². The Morgan fingerprint density at radius 2 is 0.318 bits per heavy atom. The summed E-state index contributed by atoms with van der Waals surface area (Å²) < 4.78 is 0. The van der Waals surface area contributed by atoms with Crippen molar-refractivity contribution < 1.29 is 86.2 Å². The maximum Gasteiger partial charge on any atom is 3.00 e. The molecule has 1 radical (unpaired) electrons. The zero-order valence-corrected chi connectivity index (χ0v) is 20.7. The molecule has 0 saturated heterocycles. The first-order valence-corrected chi connectivity index (χ1v) is 2.01. The molecule has 0 fully saturated rings. The van der Waals surface area contributed by atoms with Crippen molar-refractivity contribution in [3.63, 3.8) is 0 Å². The van der Waals surface area contributed by atoms with E-state index >= 15 is 0 Å². The summed E-state index contributed by atoms with van der Waals surface area (Å²) in [7, 11) is 0. The van der Waals surface area contributed by atoms with Crippen LogP contribution < -0.4 is 0 Å². The Labute approximate surface area is 191 Å². The second-order valence-electron chi connectivity index (χ2n) is 0. The summed E-state index contributed by atoms with van der Waals surface area (Å²) in [6, 6.07) is 0. The van der Waals surface area contributed by atoms with Crippen LogP contribution in [0.5, 0.6) is 0 Å². The van der Waals surface area contributed by atoms with Crippen LogP contribution in [0.25, 0.3) is 0 Å². The average molecular weight is 672 g/mol. The van der Waals surface area contributed by atoms with Crippen molar-refractivity contribution in [2.75, 3.05) is 0 Å². The van der Waals surface area contributed by atoms with Crippen molar-refractivity contribution in [1.29, 1.82) is 47.4 Å². The maximum atomic E-state index is 6.25. The van der Waals surface area contributed by atoms with E-state index in [1.807, 2.05) is 0 Å². The molecule has 0 rings (SSSR count). The van der Waals surface area contributed by atoms with Crippen LogP contribution in [-0.4, -0.2) is 0 Å². The van der Waals surface area contributed by atoms with Gasteiger partial charge in [0.25, 0.3) is 0 Å². The molecular weight excluding hydrogens is 672 g/mol. The molecule has 0 aliphatic carbocycles. The molecule has 0 aromatic carbocycles. The predicted molar refractivity (Wildman–Crippen MR) is 44.7 cm³/mol. The third-order valence-electron chi connectivity index (χ3n) is 0. The van der Waals surface area contributed by atoms with Gasteiger partial charge in [-0.3, -0.25) is 0 Å².